The van der Waals surface area contributed by atoms with Crippen molar-refractivity contribution in [3.8, 4) is 0 Å². The molecule has 1 amide bonds. The van der Waals surface area contributed by atoms with Crippen molar-refractivity contribution in [2.24, 2.45) is 0 Å². The minimum absolute atomic E-state index is 0.154. The molecule has 0 heterocycles. The second kappa shape index (κ2) is 6.89. The molecular weight excluding hydrogens is 150 g/mol. The highest BCUT2D eigenvalue weighted by atomic mass is 16.2. The van der Waals surface area contributed by atoms with Crippen molar-refractivity contribution in [1.82, 2.24) is 4.90 Å². The van der Waals surface area contributed by atoms with Crippen LogP contribution in [0.2, 0.25) is 0 Å². The van der Waals surface area contributed by atoms with Crippen molar-refractivity contribution in [2.75, 3.05) is 13.6 Å². The van der Waals surface area contributed by atoms with Crippen molar-refractivity contribution in [3.05, 3.63) is 12.2 Å². The summed E-state index contributed by atoms with van der Waals surface area (Å²) in [6.45, 7) is 4.51. The van der Waals surface area contributed by atoms with Gasteiger partial charge in [0.1, 0.15) is 0 Å². The Balaban J connectivity index is 3.25. The Morgan fingerprint density at radius 3 is 2.58 bits per heavy atom. The lowest BCUT2D eigenvalue weighted by Crippen LogP contribution is -2.24. The van der Waals surface area contributed by atoms with Gasteiger partial charge < -0.3 is 4.90 Å². The molecule has 0 unspecified atom stereocenters. The molecular formula is C10H19NO. The molecule has 0 saturated heterocycles. The fourth-order valence-electron chi connectivity index (χ4n) is 0.935. The summed E-state index contributed by atoms with van der Waals surface area (Å²) in [5.74, 6) is 0.154. The standard InChI is InChI=1S/C10H19NO/c1-4-5-6-7-8-9-11(3)10(2)12/h4-5H,6-9H2,1-3H3/b5-4+. The van der Waals surface area contributed by atoms with E-state index in [9.17, 15) is 4.79 Å². The first-order chi connectivity index (χ1) is 5.68. The third-order valence-corrected chi connectivity index (χ3v) is 1.89. The molecule has 0 radical (unpaired) electrons. The van der Waals surface area contributed by atoms with Gasteiger partial charge in [-0.2, -0.15) is 0 Å². The lowest BCUT2D eigenvalue weighted by atomic mass is 10.2. The molecule has 0 saturated carbocycles. The van der Waals surface area contributed by atoms with Crippen LogP contribution in [0.15, 0.2) is 12.2 Å². The number of rotatable bonds is 5. The van der Waals surface area contributed by atoms with E-state index >= 15 is 0 Å². The second-order valence-corrected chi connectivity index (χ2v) is 3.01. The van der Waals surface area contributed by atoms with Crippen LogP contribution < -0.4 is 0 Å². The highest BCUT2D eigenvalue weighted by molar-refractivity contribution is 5.72. The van der Waals surface area contributed by atoms with Gasteiger partial charge in [-0.1, -0.05) is 12.2 Å². The van der Waals surface area contributed by atoms with E-state index in [4.69, 9.17) is 0 Å². The first kappa shape index (κ1) is 11.2. The molecule has 0 aliphatic rings. The molecule has 0 rings (SSSR count). The third kappa shape index (κ3) is 5.96. The molecule has 0 atom stereocenters. The lowest BCUT2D eigenvalue weighted by Gasteiger charge is -2.13. The maximum atomic E-state index is 10.8. The summed E-state index contributed by atoms with van der Waals surface area (Å²) < 4.78 is 0. The molecule has 2 nitrogen and oxygen atoms in total. The van der Waals surface area contributed by atoms with Gasteiger partial charge in [0.25, 0.3) is 0 Å². The van der Waals surface area contributed by atoms with Crippen LogP contribution in [0.1, 0.15) is 33.1 Å². The van der Waals surface area contributed by atoms with E-state index in [0.717, 1.165) is 19.4 Å². The number of allylic oxidation sites excluding steroid dienone is 2. The fraction of sp³-hybridized carbons (Fsp3) is 0.700. The van der Waals surface area contributed by atoms with E-state index in [1.165, 1.54) is 6.42 Å². The minimum atomic E-state index is 0.154. The van der Waals surface area contributed by atoms with Gasteiger partial charge >= 0.3 is 0 Å². The molecule has 0 bridgehead atoms. The summed E-state index contributed by atoms with van der Waals surface area (Å²) in [4.78, 5) is 12.5. The van der Waals surface area contributed by atoms with Gasteiger partial charge in [-0.05, 0) is 26.2 Å². The number of carbonyl (C=O) groups excluding carboxylic acids is 1. The third-order valence-electron chi connectivity index (χ3n) is 1.89. The Hall–Kier alpha value is -0.790. The topological polar surface area (TPSA) is 20.3 Å². The van der Waals surface area contributed by atoms with Crippen molar-refractivity contribution in [3.63, 3.8) is 0 Å². The highest BCUT2D eigenvalue weighted by Gasteiger charge is 1.99. The largest absolute Gasteiger partial charge is 0.346 e. The summed E-state index contributed by atoms with van der Waals surface area (Å²) in [6.07, 6.45) is 7.62. The van der Waals surface area contributed by atoms with E-state index in [0.29, 0.717) is 0 Å². The molecule has 2 heteroatoms. The summed E-state index contributed by atoms with van der Waals surface area (Å²) in [5.41, 5.74) is 0. The molecule has 0 aliphatic heterocycles. The predicted molar refractivity (Wildman–Crippen MR) is 52.0 cm³/mol. The average Bonchev–Trinajstić information content (AvgIpc) is 2.03. The quantitative estimate of drug-likeness (QED) is 0.456. The Morgan fingerprint density at radius 2 is 2.08 bits per heavy atom. The van der Waals surface area contributed by atoms with E-state index in [1.807, 2.05) is 14.0 Å². The predicted octanol–water partition coefficient (Wildman–Crippen LogP) is 2.21. The molecule has 0 aliphatic carbocycles. The zero-order chi connectivity index (χ0) is 9.40. The Kier molecular flexibility index (Phi) is 6.44. The van der Waals surface area contributed by atoms with Crippen LogP contribution in [0.4, 0.5) is 0 Å². The maximum absolute atomic E-state index is 10.8. The minimum Gasteiger partial charge on any atom is -0.346 e. The van der Waals surface area contributed by atoms with Gasteiger partial charge in [0.2, 0.25) is 5.91 Å². The van der Waals surface area contributed by atoms with Crippen LogP contribution in [0.3, 0.4) is 0 Å². The SMILES string of the molecule is C/C=C/CCCCN(C)C(C)=O. The zero-order valence-electron chi connectivity index (χ0n) is 8.34. The molecule has 0 aromatic rings. The summed E-state index contributed by atoms with van der Waals surface area (Å²) in [6, 6.07) is 0. The molecule has 0 aromatic carbocycles. The van der Waals surface area contributed by atoms with Crippen molar-refractivity contribution >= 4 is 5.91 Å². The van der Waals surface area contributed by atoms with Crippen molar-refractivity contribution in [1.29, 1.82) is 0 Å². The molecule has 0 N–H and O–H groups in total. The van der Waals surface area contributed by atoms with E-state index in [2.05, 4.69) is 12.2 Å². The van der Waals surface area contributed by atoms with Crippen LogP contribution in [-0.4, -0.2) is 24.4 Å². The molecule has 0 aromatic heterocycles. The number of hydrogen-bond donors (Lipinski definition) is 0. The summed E-state index contributed by atoms with van der Waals surface area (Å²) in [5, 5.41) is 0. The van der Waals surface area contributed by atoms with Crippen molar-refractivity contribution in [2.45, 2.75) is 33.1 Å². The van der Waals surface area contributed by atoms with Gasteiger partial charge in [0.05, 0.1) is 0 Å². The first-order valence-corrected chi connectivity index (χ1v) is 4.51. The Labute approximate surface area is 75.3 Å². The Bertz CT molecular complexity index is 152. The zero-order valence-corrected chi connectivity index (χ0v) is 8.34. The van der Waals surface area contributed by atoms with Crippen LogP contribution in [0.25, 0.3) is 0 Å². The van der Waals surface area contributed by atoms with Gasteiger partial charge in [0, 0.05) is 20.5 Å². The van der Waals surface area contributed by atoms with Gasteiger partial charge in [-0.15, -0.1) is 0 Å². The summed E-state index contributed by atoms with van der Waals surface area (Å²) in [7, 11) is 1.85. The van der Waals surface area contributed by atoms with Gasteiger partial charge in [-0.3, -0.25) is 4.79 Å². The number of unbranched alkanes of at least 4 members (excludes halogenated alkanes) is 2. The van der Waals surface area contributed by atoms with Crippen LogP contribution in [0, 0.1) is 0 Å². The van der Waals surface area contributed by atoms with Crippen LogP contribution >= 0.6 is 0 Å². The van der Waals surface area contributed by atoms with Crippen LogP contribution in [-0.2, 0) is 4.79 Å². The number of carbonyl (C=O) groups is 1. The second-order valence-electron chi connectivity index (χ2n) is 3.01. The molecule has 70 valence electrons. The monoisotopic (exact) mass is 169 g/mol. The number of nitrogens with zero attached hydrogens (tertiary/aromatic N) is 1. The molecule has 0 fully saturated rings. The normalized spacial score (nSPS) is 10.6. The first-order valence-electron chi connectivity index (χ1n) is 4.51. The fourth-order valence-corrected chi connectivity index (χ4v) is 0.935. The summed E-state index contributed by atoms with van der Waals surface area (Å²) >= 11 is 0. The average molecular weight is 169 g/mol. The molecule has 12 heavy (non-hydrogen) atoms. The van der Waals surface area contributed by atoms with E-state index < -0.39 is 0 Å². The number of amides is 1. The van der Waals surface area contributed by atoms with Crippen molar-refractivity contribution < 1.29 is 4.79 Å². The van der Waals surface area contributed by atoms with Gasteiger partial charge in [0.15, 0.2) is 0 Å². The number of hydrogen-bond acceptors (Lipinski definition) is 1. The highest BCUT2D eigenvalue weighted by Crippen LogP contribution is 1.98. The van der Waals surface area contributed by atoms with E-state index in [-0.39, 0.29) is 5.91 Å². The smallest absolute Gasteiger partial charge is 0.219 e. The van der Waals surface area contributed by atoms with E-state index in [1.54, 1.807) is 11.8 Å². The van der Waals surface area contributed by atoms with Gasteiger partial charge in [-0.25, -0.2) is 0 Å². The molecule has 0 spiro atoms. The Morgan fingerprint density at radius 1 is 1.42 bits per heavy atom. The van der Waals surface area contributed by atoms with Crippen LogP contribution in [0.5, 0.6) is 0 Å². The lowest BCUT2D eigenvalue weighted by molar-refractivity contribution is -0.127. The maximum Gasteiger partial charge on any atom is 0.219 e.